The summed E-state index contributed by atoms with van der Waals surface area (Å²) >= 11 is 4.29. The lowest BCUT2D eigenvalue weighted by Crippen LogP contribution is -2.08. The number of aliphatic imine (C=N–C) groups is 1. The van der Waals surface area contributed by atoms with E-state index in [4.69, 9.17) is 0 Å². The van der Waals surface area contributed by atoms with Gasteiger partial charge in [0.25, 0.3) is 0 Å². The highest BCUT2D eigenvalue weighted by molar-refractivity contribution is 7.78. The standard InChI is InChI=1S/C9H6F3NS/c10-9(11,12)8-4-2-1-3-7(8)5-13-6-14/h1-4H,5H2. The monoisotopic (exact) mass is 217 g/mol. The van der Waals surface area contributed by atoms with Gasteiger partial charge in [-0.25, -0.2) is 4.99 Å². The molecule has 0 aliphatic heterocycles. The van der Waals surface area contributed by atoms with Crippen LogP contribution >= 0.6 is 12.2 Å². The second-order valence-corrected chi connectivity index (χ2v) is 2.74. The molecule has 0 atom stereocenters. The minimum absolute atomic E-state index is 0.0841. The predicted molar refractivity (Wildman–Crippen MR) is 50.2 cm³/mol. The van der Waals surface area contributed by atoms with Gasteiger partial charge in [0.15, 0.2) is 0 Å². The second kappa shape index (κ2) is 4.35. The molecule has 0 fully saturated rings. The highest BCUT2D eigenvalue weighted by Crippen LogP contribution is 2.31. The van der Waals surface area contributed by atoms with Gasteiger partial charge in [0, 0.05) is 0 Å². The Morgan fingerprint density at radius 3 is 2.50 bits per heavy atom. The lowest BCUT2D eigenvalue weighted by molar-refractivity contribution is -0.138. The molecule has 1 rings (SSSR count). The van der Waals surface area contributed by atoms with Crippen molar-refractivity contribution in [1.29, 1.82) is 0 Å². The topological polar surface area (TPSA) is 12.4 Å². The molecule has 5 heteroatoms. The van der Waals surface area contributed by atoms with Crippen molar-refractivity contribution in [3.8, 4) is 0 Å². The van der Waals surface area contributed by atoms with E-state index < -0.39 is 11.7 Å². The lowest BCUT2D eigenvalue weighted by atomic mass is 10.1. The van der Waals surface area contributed by atoms with Crippen molar-refractivity contribution < 1.29 is 13.2 Å². The third-order valence-corrected chi connectivity index (χ3v) is 1.77. The Hall–Kier alpha value is -1.19. The van der Waals surface area contributed by atoms with Gasteiger partial charge in [-0.15, -0.1) is 0 Å². The number of thiocarbonyl (C=S) groups is 1. The molecule has 0 unspecified atom stereocenters. The largest absolute Gasteiger partial charge is 0.416 e. The molecule has 1 aromatic rings. The lowest BCUT2D eigenvalue weighted by Gasteiger charge is -2.10. The maximum absolute atomic E-state index is 12.4. The van der Waals surface area contributed by atoms with Gasteiger partial charge in [-0.3, -0.25) is 0 Å². The third kappa shape index (κ3) is 2.65. The highest BCUT2D eigenvalue weighted by atomic mass is 32.1. The van der Waals surface area contributed by atoms with E-state index in [1.807, 2.05) is 5.16 Å². The molecule has 0 radical (unpaired) electrons. The van der Waals surface area contributed by atoms with Crippen LogP contribution in [0.5, 0.6) is 0 Å². The van der Waals surface area contributed by atoms with Gasteiger partial charge in [0.05, 0.1) is 17.3 Å². The molecule has 1 nitrogen and oxygen atoms in total. The molecular formula is C9H6F3NS. The van der Waals surface area contributed by atoms with E-state index in [1.165, 1.54) is 18.2 Å². The van der Waals surface area contributed by atoms with E-state index >= 15 is 0 Å². The number of alkyl halides is 3. The molecule has 0 aliphatic carbocycles. The summed E-state index contributed by atoms with van der Waals surface area (Å²) in [5.74, 6) is 0. The average molecular weight is 217 g/mol. The fourth-order valence-corrected chi connectivity index (χ4v) is 1.12. The van der Waals surface area contributed by atoms with Gasteiger partial charge < -0.3 is 0 Å². The quantitative estimate of drug-likeness (QED) is 0.547. The van der Waals surface area contributed by atoms with Crippen LogP contribution < -0.4 is 0 Å². The fourth-order valence-electron chi connectivity index (χ4n) is 1.05. The zero-order valence-corrected chi connectivity index (χ0v) is 7.82. The Bertz CT molecular complexity index is 367. The number of isothiocyanates is 1. The van der Waals surface area contributed by atoms with E-state index in [2.05, 4.69) is 17.2 Å². The van der Waals surface area contributed by atoms with Gasteiger partial charge in [-0.05, 0) is 23.8 Å². The molecule has 0 heterocycles. The van der Waals surface area contributed by atoms with Gasteiger partial charge in [0.2, 0.25) is 0 Å². The Balaban J connectivity index is 3.09. The first-order valence-corrected chi connectivity index (χ1v) is 4.15. The van der Waals surface area contributed by atoms with Crippen LogP contribution in [0.2, 0.25) is 0 Å². The Labute approximate surface area is 84.3 Å². The van der Waals surface area contributed by atoms with E-state index in [9.17, 15) is 13.2 Å². The van der Waals surface area contributed by atoms with Crippen molar-refractivity contribution in [2.45, 2.75) is 12.7 Å². The molecule has 0 bridgehead atoms. The van der Waals surface area contributed by atoms with Crippen molar-refractivity contribution in [2.24, 2.45) is 4.99 Å². The van der Waals surface area contributed by atoms with Crippen LogP contribution in [-0.4, -0.2) is 5.16 Å². The van der Waals surface area contributed by atoms with Crippen molar-refractivity contribution in [2.75, 3.05) is 0 Å². The first kappa shape index (κ1) is 10.9. The summed E-state index contributed by atoms with van der Waals surface area (Å²) in [5.41, 5.74) is -0.564. The van der Waals surface area contributed by atoms with Crippen LogP contribution in [0.1, 0.15) is 11.1 Å². The van der Waals surface area contributed by atoms with Crippen LogP contribution in [-0.2, 0) is 12.7 Å². The maximum Gasteiger partial charge on any atom is 0.416 e. The first-order valence-electron chi connectivity index (χ1n) is 3.74. The van der Waals surface area contributed by atoms with Crippen LogP contribution in [0, 0.1) is 0 Å². The summed E-state index contributed by atoms with van der Waals surface area (Å²) < 4.78 is 37.2. The summed E-state index contributed by atoms with van der Waals surface area (Å²) in [4.78, 5) is 3.48. The first-order chi connectivity index (χ1) is 6.55. The van der Waals surface area contributed by atoms with Crippen molar-refractivity contribution in [3.05, 3.63) is 35.4 Å². The number of benzene rings is 1. The molecule has 1 aromatic carbocycles. The Kier molecular flexibility index (Phi) is 3.38. The SMILES string of the molecule is FC(F)(F)c1ccccc1CN=C=S. The molecule has 0 saturated carbocycles. The molecule has 0 aliphatic rings. The van der Waals surface area contributed by atoms with Gasteiger partial charge >= 0.3 is 6.18 Å². The van der Waals surface area contributed by atoms with Crippen LogP contribution in [0.4, 0.5) is 13.2 Å². The van der Waals surface area contributed by atoms with Gasteiger partial charge in [-0.1, -0.05) is 18.2 Å². The van der Waals surface area contributed by atoms with Crippen LogP contribution in [0.15, 0.2) is 29.3 Å². The summed E-state index contributed by atoms with van der Waals surface area (Å²) in [5, 5.41) is 2.04. The number of rotatable bonds is 2. The second-order valence-electron chi connectivity index (χ2n) is 2.56. The minimum atomic E-state index is -4.34. The summed E-state index contributed by atoms with van der Waals surface area (Å²) in [6.45, 7) is -0.0841. The van der Waals surface area contributed by atoms with Crippen LogP contribution in [0.25, 0.3) is 0 Å². The fraction of sp³-hybridized carbons (Fsp3) is 0.222. The zero-order valence-electron chi connectivity index (χ0n) is 7.01. The molecule has 0 aromatic heterocycles. The third-order valence-electron chi connectivity index (χ3n) is 1.64. The number of nitrogens with zero attached hydrogens (tertiary/aromatic N) is 1. The van der Waals surface area contributed by atoms with E-state index in [-0.39, 0.29) is 12.1 Å². The Morgan fingerprint density at radius 1 is 1.29 bits per heavy atom. The minimum Gasteiger partial charge on any atom is -0.228 e. The molecule has 0 N–H and O–H groups in total. The van der Waals surface area contributed by atoms with Gasteiger partial charge in [-0.2, -0.15) is 13.2 Å². The molecule has 14 heavy (non-hydrogen) atoms. The number of hydrogen-bond acceptors (Lipinski definition) is 2. The van der Waals surface area contributed by atoms with Crippen molar-refractivity contribution >= 4 is 17.4 Å². The molecule has 74 valence electrons. The molecule has 0 spiro atoms. The summed E-state index contributed by atoms with van der Waals surface area (Å²) in [6, 6.07) is 5.27. The summed E-state index contributed by atoms with van der Waals surface area (Å²) in [6.07, 6.45) is -4.34. The molecule has 0 saturated heterocycles. The normalized spacial score (nSPS) is 10.8. The van der Waals surface area contributed by atoms with E-state index in [0.29, 0.717) is 0 Å². The summed E-state index contributed by atoms with van der Waals surface area (Å²) in [7, 11) is 0. The predicted octanol–water partition coefficient (Wildman–Crippen LogP) is 3.31. The highest BCUT2D eigenvalue weighted by Gasteiger charge is 2.32. The van der Waals surface area contributed by atoms with Crippen molar-refractivity contribution in [3.63, 3.8) is 0 Å². The smallest absolute Gasteiger partial charge is 0.228 e. The molecular weight excluding hydrogens is 211 g/mol. The number of halogens is 3. The Morgan fingerprint density at radius 2 is 1.93 bits per heavy atom. The van der Waals surface area contributed by atoms with Crippen molar-refractivity contribution in [1.82, 2.24) is 0 Å². The zero-order chi connectivity index (χ0) is 10.6. The van der Waals surface area contributed by atoms with Gasteiger partial charge in [0.1, 0.15) is 0 Å². The average Bonchev–Trinajstić information content (AvgIpc) is 2.14. The molecule has 0 amide bonds. The van der Waals surface area contributed by atoms with Crippen LogP contribution in [0.3, 0.4) is 0 Å². The van der Waals surface area contributed by atoms with E-state index in [0.717, 1.165) is 6.07 Å². The maximum atomic E-state index is 12.4. The van der Waals surface area contributed by atoms with E-state index in [1.54, 1.807) is 0 Å². The number of hydrogen-bond donors (Lipinski definition) is 0.